The van der Waals surface area contributed by atoms with Gasteiger partial charge in [-0.1, -0.05) is 40.8 Å². The van der Waals surface area contributed by atoms with Crippen molar-refractivity contribution in [2.45, 2.75) is 44.1 Å². The van der Waals surface area contributed by atoms with E-state index in [4.69, 9.17) is 5.84 Å². The normalized spacial score (nSPS) is 18.6. The molecule has 4 atom stereocenters. The maximum absolute atomic E-state index is 12.9. The zero-order valence-electron chi connectivity index (χ0n) is 19.2. The van der Waals surface area contributed by atoms with Crippen LogP contribution in [-0.2, 0) is 16.6 Å². The second-order valence-corrected chi connectivity index (χ2v) is 9.14. The molecular weight excluding hydrogens is 551 g/mol. The van der Waals surface area contributed by atoms with Crippen LogP contribution < -0.4 is 16.2 Å². The van der Waals surface area contributed by atoms with Crippen molar-refractivity contribution in [2.24, 2.45) is 12.9 Å². The van der Waals surface area contributed by atoms with E-state index in [9.17, 15) is 19.8 Å². The Morgan fingerprint density at radius 2 is 2.00 bits per heavy atom. The van der Waals surface area contributed by atoms with Gasteiger partial charge in [0.15, 0.2) is 12.2 Å². The van der Waals surface area contributed by atoms with Crippen LogP contribution in [-0.4, -0.2) is 59.9 Å². The number of amides is 2. The lowest BCUT2D eigenvalue weighted by atomic mass is 10.1. The summed E-state index contributed by atoms with van der Waals surface area (Å²) in [7, 11) is 1.79. The Labute approximate surface area is 212 Å². The van der Waals surface area contributed by atoms with E-state index in [1.165, 1.54) is 9.91 Å². The molecule has 34 heavy (non-hydrogen) atoms. The van der Waals surface area contributed by atoms with Gasteiger partial charge in [-0.25, -0.2) is 5.84 Å². The third kappa shape index (κ3) is 6.14. The SMILES string of the molecule is C[C@@H](NC(=O)[C@H](O)[C@@H](O)C(=O)N1CCC[C@@H]1c1ccn(C)n1)c1ccc(N(N)/C=C\CI)cc1. The number of nitrogens with one attached hydrogen (secondary N) is 1. The molecule has 1 aliphatic rings. The monoisotopic (exact) mass is 582 g/mol. The number of carbonyl (C=O) groups excluding carboxylic acids is 2. The molecule has 0 bridgehead atoms. The molecule has 0 aliphatic carbocycles. The topological polar surface area (TPSA) is 137 Å². The molecule has 1 fully saturated rings. The van der Waals surface area contributed by atoms with Gasteiger partial charge in [-0.2, -0.15) is 5.10 Å². The lowest BCUT2D eigenvalue weighted by Crippen LogP contribution is -2.51. The van der Waals surface area contributed by atoms with Crippen LogP contribution in [0.15, 0.2) is 48.8 Å². The number of aliphatic hydroxyl groups excluding tert-OH is 2. The summed E-state index contributed by atoms with van der Waals surface area (Å²) in [6.45, 7) is 2.18. The maximum atomic E-state index is 12.9. The van der Waals surface area contributed by atoms with Crippen molar-refractivity contribution in [1.82, 2.24) is 20.0 Å². The number of likely N-dealkylation sites (tertiary alicyclic amines) is 1. The molecule has 3 rings (SSSR count). The fourth-order valence-electron chi connectivity index (χ4n) is 3.95. The molecule has 1 saturated heterocycles. The number of aryl methyl sites for hydroxylation is 1. The molecule has 0 spiro atoms. The van der Waals surface area contributed by atoms with Crippen LogP contribution >= 0.6 is 22.6 Å². The van der Waals surface area contributed by atoms with Crippen LogP contribution in [0, 0.1) is 0 Å². The zero-order chi connectivity index (χ0) is 24.8. The Morgan fingerprint density at radius 3 is 2.62 bits per heavy atom. The summed E-state index contributed by atoms with van der Waals surface area (Å²) in [4.78, 5) is 27.0. The van der Waals surface area contributed by atoms with Crippen LogP contribution in [0.5, 0.6) is 0 Å². The molecule has 2 heterocycles. The quantitative estimate of drug-likeness (QED) is 0.152. The van der Waals surface area contributed by atoms with E-state index in [0.717, 1.165) is 27.8 Å². The molecule has 0 unspecified atom stereocenters. The molecule has 0 radical (unpaired) electrons. The minimum Gasteiger partial charge on any atom is -0.380 e. The van der Waals surface area contributed by atoms with Gasteiger partial charge in [0.2, 0.25) is 0 Å². The van der Waals surface area contributed by atoms with Gasteiger partial charge in [0, 0.05) is 30.4 Å². The van der Waals surface area contributed by atoms with E-state index < -0.39 is 30.1 Å². The number of benzene rings is 1. The van der Waals surface area contributed by atoms with Gasteiger partial charge in [-0.05, 0) is 43.5 Å². The summed E-state index contributed by atoms with van der Waals surface area (Å²) in [6.07, 6.45) is 3.18. The lowest BCUT2D eigenvalue weighted by Gasteiger charge is -2.28. The molecule has 2 aromatic rings. The summed E-state index contributed by atoms with van der Waals surface area (Å²) >= 11 is 2.22. The van der Waals surface area contributed by atoms with Gasteiger partial charge in [0.25, 0.3) is 11.8 Å². The molecule has 0 saturated carbocycles. The number of aromatic nitrogens is 2. The van der Waals surface area contributed by atoms with Crippen molar-refractivity contribution < 1.29 is 19.8 Å². The number of hydrazine groups is 1. The average Bonchev–Trinajstić information content (AvgIpc) is 3.50. The minimum absolute atomic E-state index is 0.287. The highest BCUT2D eigenvalue weighted by Gasteiger charge is 2.39. The molecule has 1 aromatic carbocycles. The number of carbonyl (C=O) groups is 2. The molecule has 184 valence electrons. The molecule has 5 N–H and O–H groups in total. The van der Waals surface area contributed by atoms with E-state index in [-0.39, 0.29) is 6.04 Å². The number of aliphatic hydroxyl groups is 2. The van der Waals surface area contributed by atoms with E-state index in [1.807, 2.05) is 36.4 Å². The molecule has 1 aliphatic heterocycles. The second-order valence-electron chi connectivity index (χ2n) is 8.26. The number of rotatable bonds is 9. The first-order valence-electron chi connectivity index (χ1n) is 11.1. The van der Waals surface area contributed by atoms with E-state index in [1.54, 1.807) is 31.1 Å². The van der Waals surface area contributed by atoms with Crippen molar-refractivity contribution in [1.29, 1.82) is 0 Å². The first-order chi connectivity index (χ1) is 16.2. The molecule has 10 nitrogen and oxygen atoms in total. The lowest BCUT2D eigenvalue weighted by molar-refractivity contribution is -0.154. The number of alkyl halides is 1. The fourth-order valence-corrected chi connectivity index (χ4v) is 4.18. The van der Waals surface area contributed by atoms with E-state index in [0.29, 0.717) is 13.0 Å². The minimum atomic E-state index is -1.89. The first-order valence-corrected chi connectivity index (χ1v) is 12.6. The highest BCUT2D eigenvalue weighted by molar-refractivity contribution is 14.1. The molecule has 1 aromatic heterocycles. The number of nitrogens with zero attached hydrogens (tertiary/aromatic N) is 4. The van der Waals surface area contributed by atoms with Gasteiger partial charge in [0.05, 0.1) is 23.5 Å². The third-order valence-electron chi connectivity index (χ3n) is 5.84. The van der Waals surface area contributed by atoms with Crippen molar-refractivity contribution >= 4 is 40.1 Å². The molecular formula is C23H31IN6O4. The third-order valence-corrected chi connectivity index (χ3v) is 6.35. The van der Waals surface area contributed by atoms with E-state index >= 15 is 0 Å². The Balaban J connectivity index is 1.59. The van der Waals surface area contributed by atoms with Crippen LogP contribution in [0.4, 0.5) is 5.69 Å². The molecule has 2 amide bonds. The van der Waals surface area contributed by atoms with Crippen LogP contribution in [0.25, 0.3) is 0 Å². The van der Waals surface area contributed by atoms with Gasteiger partial charge >= 0.3 is 0 Å². The van der Waals surface area contributed by atoms with Crippen molar-refractivity contribution in [3.05, 3.63) is 60.1 Å². The number of anilines is 1. The number of halogens is 1. The van der Waals surface area contributed by atoms with Gasteiger partial charge in [-0.15, -0.1) is 0 Å². The smallest absolute Gasteiger partial charge is 0.255 e. The number of hydrogen-bond acceptors (Lipinski definition) is 7. The predicted molar refractivity (Wildman–Crippen MR) is 137 cm³/mol. The summed E-state index contributed by atoms with van der Waals surface area (Å²) in [5.74, 6) is 4.45. The first kappa shape index (κ1) is 26.1. The van der Waals surface area contributed by atoms with E-state index in [2.05, 4.69) is 33.0 Å². The summed E-state index contributed by atoms with van der Waals surface area (Å²) in [6, 6.07) is 8.34. The Morgan fingerprint density at radius 1 is 1.29 bits per heavy atom. The summed E-state index contributed by atoms with van der Waals surface area (Å²) < 4.78 is 2.49. The van der Waals surface area contributed by atoms with Crippen molar-refractivity contribution in [3.63, 3.8) is 0 Å². The number of hydrogen-bond donors (Lipinski definition) is 4. The van der Waals surface area contributed by atoms with Crippen molar-refractivity contribution in [3.8, 4) is 0 Å². The van der Waals surface area contributed by atoms with Gasteiger partial charge < -0.3 is 20.4 Å². The zero-order valence-corrected chi connectivity index (χ0v) is 21.4. The Kier molecular flexibility index (Phi) is 9.05. The van der Waals surface area contributed by atoms with Gasteiger partial charge in [0.1, 0.15) is 0 Å². The van der Waals surface area contributed by atoms with Crippen LogP contribution in [0.1, 0.15) is 43.1 Å². The van der Waals surface area contributed by atoms with Gasteiger partial charge in [-0.3, -0.25) is 19.3 Å². The largest absolute Gasteiger partial charge is 0.380 e. The standard InChI is InChI=1S/C23H31IN6O4/c1-15(16-6-8-17(9-7-16)30(25)13-4-11-24)26-22(33)20(31)21(32)23(34)29-12-3-5-19(29)18-10-14-28(2)27-18/h4,6-10,13-15,19-21,31-32H,3,5,11-12,25H2,1-2H3,(H,26,33)/b13-4-/t15-,19-,20-,21-/m1/s1. The number of allylic oxidation sites excluding steroid dienone is 1. The maximum Gasteiger partial charge on any atom is 0.255 e. The molecule has 11 heteroatoms. The van der Waals surface area contributed by atoms with Crippen molar-refractivity contribution in [2.75, 3.05) is 16.0 Å². The highest BCUT2D eigenvalue weighted by atomic mass is 127. The average molecular weight is 582 g/mol. The predicted octanol–water partition coefficient (Wildman–Crippen LogP) is 1.31. The Bertz CT molecular complexity index is 1010. The second kappa shape index (κ2) is 11.8. The highest BCUT2D eigenvalue weighted by Crippen LogP contribution is 2.31. The number of nitrogens with two attached hydrogens (primary N) is 1. The van der Waals surface area contributed by atoms with Crippen LogP contribution in [0.3, 0.4) is 0 Å². The fraction of sp³-hybridized carbons (Fsp3) is 0.435. The summed E-state index contributed by atoms with van der Waals surface area (Å²) in [5, 5.41) is 29.4. The Hall–Kier alpha value is -2.48. The summed E-state index contributed by atoms with van der Waals surface area (Å²) in [5.41, 5.74) is 2.28. The van der Waals surface area contributed by atoms with Crippen LogP contribution in [0.2, 0.25) is 0 Å².